The van der Waals surface area contributed by atoms with Crippen LogP contribution in [0.1, 0.15) is 12.0 Å². The summed E-state index contributed by atoms with van der Waals surface area (Å²) < 4.78 is 1.33. The van der Waals surface area contributed by atoms with E-state index < -0.39 is 5.91 Å². The third kappa shape index (κ3) is 4.73. The maximum absolute atomic E-state index is 13.2. The first kappa shape index (κ1) is 21.0. The quantitative estimate of drug-likeness (QED) is 0.444. The number of carbonyl (C=O) groups is 2. The SMILES string of the molecule is NC(=O)CCN(Cc1ccccc1)C(=O)Cn1cnc2scc(-c3cccs3)c2c1=O. The largest absolute Gasteiger partial charge is 0.370 e. The number of amides is 2. The van der Waals surface area contributed by atoms with E-state index in [0.29, 0.717) is 16.8 Å². The van der Waals surface area contributed by atoms with E-state index in [9.17, 15) is 14.4 Å². The number of rotatable bonds is 8. The minimum Gasteiger partial charge on any atom is -0.370 e. The molecule has 4 rings (SSSR count). The molecular weight excluding hydrogens is 432 g/mol. The maximum atomic E-state index is 13.2. The molecule has 0 aliphatic heterocycles. The Labute approximate surface area is 186 Å². The number of hydrogen-bond donors (Lipinski definition) is 1. The van der Waals surface area contributed by atoms with Gasteiger partial charge >= 0.3 is 0 Å². The Morgan fingerprint density at radius 2 is 1.90 bits per heavy atom. The zero-order chi connectivity index (χ0) is 21.8. The molecule has 0 saturated carbocycles. The Balaban J connectivity index is 1.62. The Hall–Kier alpha value is -3.30. The molecule has 3 heterocycles. The van der Waals surface area contributed by atoms with Crippen molar-refractivity contribution in [3.8, 4) is 10.4 Å². The molecule has 0 aliphatic rings. The average Bonchev–Trinajstić information content (AvgIpc) is 3.43. The van der Waals surface area contributed by atoms with Crippen molar-refractivity contribution in [1.29, 1.82) is 0 Å². The van der Waals surface area contributed by atoms with Crippen LogP contribution in [0.4, 0.5) is 0 Å². The van der Waals surface area contributed by atoms with Gasteiger partial charge in [-0.15, -0.1) is 22.7 Å². The summed E-state index contributed by atoms with van der Waals surface area (Å²) in [7, 11) is 0. The molecule has 4 aromatic rings. The van der Waals surface area contributed by atoms with E-state index >= 15 is 0 Å². The second-order valence-corrected chi connectivity index (χ2v) is 8.81. The van der Waals surface area contributed by atoms with Crippen molar-refractivity contribution in [1.82, 2.24) is 14.5 Å². The minimum absolute atomic E-state index is 0.0534. The van der Waals surface area contributed by atoms with Crippen molar-refractivity contribution >= 4 is 44.7 Å². The van der Waals surface area contributed by atoms with Gasteiger partial charge in [-0.2, -0.15) is 0 Å². The molecule has 2 N–H and O–H groups in total. The molecule has 1 aromatic carbocycles. The second kappa shape index (κ2) is 9.23. The van der Waals surface area contributed by atoms with Gasteiger partial charge in [0.2, 0.25) is 11.8 Å². The van der Waals surface area contributed by atoms with E-state index in [4.69, 9.17) is 5.73 Å². The van der Waals surface area contributed by atoms with Crippen LogP contribution in [-0.2, 0) is 22.7 Å². The van der Waals surface area contributed by atoms with Crippen LogP contribution >= 0.6 is 22.7 Å². The van der Waals surface area contributed by atoms with Crippen molar-refractivity contribution in [3.05, 3.63) is 75.5 Å². The maximum Gasteiger partial charge on any atom is 0.263 e. The lowest BCUT2D eigenvalue weighted by molar-refractivity contribution is -0.133. The molecule has 0 saturated heterocycles. The van der Waals surface area contributed by atoms with E-state index in [1.165, 1.54) is 22.2 Å². The van der Waals surface area contributed by atoms with Crippen LogP contribution in [0.15, 0.2) is 64.3 Å². The first-order chi connectivity index (χ1) is 15.0. The number of fused-ring (bicyclic) bond motifs is 1. The van der Waals surface area contributed by atoms with E-state index in [1.54, 1.807) is 16.2 Å². The van der Waals surface area contributed by atoms with Gasteiger partial charge in [-0.3, -0.25) is 19.0 Å². The lowest BCUT2D eigenvalue weighted by Gasteiger charge is -2.22. The molecule has 0 bridgehead atoms. The van der Waals surface area contributed by atoms with Gasteiger partial charge in [-0.25, -0.2) is 4.98 Å². The van der Waals surface area contributed by atoms with Crippen molar-refractivity contribution in [2.45, 2.75) is 19.5 Å². The van der Waals surface area contributed by atoms with Gasteiger partial charge in [-0.1, -0.05) is 36.4 Å². The standard InChI is InChI=1S/C22H20N4O3S2/c23-18(27)8-9-25(11-15-5-2-1-3-6-15)19(28)12-26-14-24-21-20(22(26)29)16(13-31-21)17-7-4-10-30-17/h1-7,10,13-14H,8-9,11-12H2,(H2,23,27). The van der Waals surface area contributed by atoms with Crippen LogP contribution in [-0.4, -0.2) is 32.8 Å². The number of primary amides is 1. The summed E-state index contributed by atoms with van der Waals surface area (Å²) in [5.41, 5.74) is 6.80. The van der Waals surface area contributed by atoms with Gasteiger partial charge in [0.05, 0.1) is 11.7 Å². The van der Waals surface area contributed by atoms with Gasteiger partial charge in [-0.05, 0) is 17.0 Å². The number of hydrogen-bond acceptors (Lipinski definition) is 6. The fourth-order valence-corrected chi connectivity index (χ4v) is 5.00. The summed E-state index contributed by atoms with van der Waals surface area (Å²) in [5, 5.41) is 4.40. The van der Waals surface area contributed by atoms with Crippen molar-refractivity contribution in [2.75, 3.05) is 6.54 Å². The fourth-order valence-electron chi connectivity index (χ4n) is 3.28. The van der Waals surface area contributed by atoms with Gasteiger partial charge in [0, 0.05) is 35.3 Å². The average molecular weight is 453 g/mol. The lowest BCUT2D eigenvalue weighted by Crippen LogP contribution is -2.38. The molecule has 3 aromatic heterocycles. The molecule has 0 atom stereocenters. The number of thiophene rings is 2. The summed E-state index contributed by atoms with van der Waals surface area (Å²) in [4.78, 5) is 45.1. The van der Waals surface area contributed by atoms with Crippen LogP contribution in [0.3, 0.4) is 0 Å². The molecule has 0 spiro atoms. The van der Waals surface area contributed by atoms with Crippen molar-refractivity contribution in [2.24, 2.45) is 5.73 Å². The van der Waals surface area contributed by atoms with E-state index in [1.807, 2.05) is 53.2 Å². The summed E-state index contributed by atoms with van der Waals surface area (Å²) in [6, 6.07) is 13.4. The molecular formula is C22H20N4O3S2. The van der Waals surface area contributed by atoms with Gasteiger partial charge in [0.1, 0.15) is 11.4 Å². The zero-order valence-electron chi connectivity index (χ0n) is 16.6. The Bertz CT molecular complexity index is 1260. The second-order valence-electron chi connectivity index (χ2n) is 7.00. The number of aromatic nitrogens is 2. The first-order valence-electron chi connectivity index (χ1n) is 9.63. The molecule has 31 heavy (non-hydrogen) atoms. The van der Waals surface area contributed by atoms with Crippen LogP contribution in [0.5, 0.6) is 0 Å². The van der Waals surface area contributed by atoms with Crippen molar-refractivity contribution in [3.63, 3.8) is 0 Å². The monoisotopic (exact) mass is 452 g/mol. The number of benzene rings is 1. The molecule has 158 valence electrons. The Morgan fingerprint density at radius 1 is 1.10 bits per heavy atom. The number of nitrogens with two attached hydrogens (primary N) is 1. The van der Waals surface area contributed by atoms with Crippen LogP contribution in [0.2, 0.25) is 0 Å². The highest BCUT2D eigenvalue weighted by molar-refractivity contribution is 7.18. The molecule has 0 radical (unpaired) electrons. The summed E-state index contributed by atoms with van der Waals surface area (Å²) in [6.07, 6.45) is 1.46. The van der Waals surface area contributed by atoms with Gasteiger partial charge in [0.15, 0.2) is 0 Å². The summed E-state index contributed by atoms with van der Waals surface area (Å²) >= 11 is 2.96. The molecule has 0 unspecified atom stereocenters. The highest BCUT2D eigenvalue weighted by Gasteiger charge is 2.19. The highest BCUT2D eigenvalue weighted by Crippen LogP contribution is 2.33. The third-order valence-electron chi connectivity index (χ3n) is 4.85. The third-order valence-corrected chi connectivity index (χ3v) is 6.64. The summed E-state index contributed by atoms with van der Waals surface area (Å²) in [5.74, 6) is -0.758. The fraction of sp³-hybridized carbons (Fsp3) is 0.182. The van der Waals surface area contributed by atoms with Crippen molar-refractivity contribution < 1.29 is 9.59 Å². The lowest BCUT2D eigenvalue weighted by atomic mass is 10.2. The van der Waals surface area contributed by atoms with Gasteiger partial charge in [0.25, 0.3) is 5.56 Å². The smallest absolute Gasteiger partial charge is 0.263 e. The van der Waals surface area contributed by atoms with Crippen LogP contribution < -0.4 is 11.3 Å². The Morgan fingerprint density at radius 3 is 2.61 bits per heavy atom. The predicted octanol–water partition coefficient (Wildman–Crippen LogP) is 3.09. The Kier molecular flexibility index (Phi) is 6.24. The van der Waals surface area contributed by atoms with Crippen LogP contribution in [0, 0.1) is 0 Å². The minimum atomic E-state index is -0.482. The van der Waals surface area contributed by atoms with E-state index in [2.05, 4.69) is 4.98 Å². The number of carbonyl (C=O) groups excluding carboxylic acids is 2. The molecule has 2 amide bonds. The highest BCUT2D eigenvalue weighted by atomic mass is 32.1. The molecule has 9 heteroatoms. The summed E-state index contributed by atoms with van der Waals surface area (Å²) in [6.45, 7) is 0.357. The molecule has 0 fully saturated rings. The van der Waals surface area contributed by atoms with Crippen LogP contribution in [0.25, 0.3) is 20.7 Å². The topological polar surface area (TPSA) is 98.3 Å². The predicted molar refractivity (Wildman–Crippen MR) is 123 cm³/mol. The van der Waals surface area contributed by atoms with Gasteiger partial charge < -0.3 is 10.6 Å². The zero-order valence-corrected chi connectivity index (χ0v) is 18.2. The van der Waals surface area contributed by atoms with E-state index in [0.717, 1.165) is 16.0 Å². The van der Waals surface area contributed by atoms with E-state index in [-0.39, 0.29) is 31.0 Å². The first-order valence-corrected chi connectivity index (χ1v) is 11.4. The molecule has 7 nitrogen and oxygen atoms in total. The number of nitrogens with zero attached hydrogens (tertiary/aromatic N) is 3. The molecule has 0 aliphatic carbocycles. The normalized spacial score (nSPS) is 11.0.